The van der Waals surface area contributed by atoms with Crippen LogP contribution in [-0.2, 0) is 14.3 Å². The third kappa shape index (κ3) is 3.49. The molecule has 0 bridgehead atoms. The Morgan fingerprint density at radius 3 is 2.83 bits per heavy atom. The van der Waals surface area contributed by atoms with E-state index < -0.39 is 0 Å². The lowest BCUT2D eigenvalue weighted by molar-refractivity contribution is -0.153. The van der Waals surface area contributed by atoms with Crippen molar-refractivity contribution >= 4 is 17.6 Å². The summed E-state index contributed by atoms with van der Waals surface area (Å²) in [6.07, 6.45) is -0.196. The Kier molecular flexibility index (Phi) is 4.96. The summed E-state index contributed by atoms with van der Waals surface area (Å²) < 4.78 is 23.5. The third-order valence-electron chi connectivity index (χ3n) is 4.30. The van der Waals surface area contributed by atoms with Crippen molar-refractivity contribution in [3.63, 3.8) is 0 Å². The number of hydrogen-bond acceptors (Lipinski definition) is 4. The molecule has 24 heavy (non-hydrogen) atoms. The van der Waals surface area contributed by atoms with Crippen LogP contribution in [0.5, 0.6) is 0 Å². The standard InChI is InChI=1S/C16H20FN3O4/c1-23-7-6-20-13-8-19(9-14(13)24-10-15(20)21)16(22)18-12-4-2-11(17)3-5-12/h2-5,13-14H,6-10H2,1H3,(H,18,22). The van der Waals surface area contributed by atoms with E-state index in [1.165, 1.54) is 24.3 Å². The maximum Gasteiger partial charge on any atom is 0.322 e. The van der Waals surface area contributed by atoms with Crippen molar-refractivity contribution in [1.82, 2.24) is 9.80 Å². The SMILES string of the molecule is COCCN1C(=O)COC2CN(C(=O)Nc3ccc(F)cc3)CC21. The molecular formula is C16H20FN3O4. The zero-order chi connectivity index (χ0) is 17.1. The molecule has 0 aromatic heterocycles. The van der Waals surface area contributed by atoms with E-state index in [0.29, 0.717) is 31.9 Å². The number of hydrogen-bond donors (Lipinski definition) is 1. The second kappa shape index (κ2) is 7.14. The Hall–Kier alpha value is -2.19. The van der Waals surface area contributed by atoms with E-state index in [2.05, 4.69) is 5.32 Å². The Labute approximate surface area is 139 Å². The largest absolute Gasteiger partial charge is 0.383 e. The zero-order valence-corrected chi connectivity index (χ0v) is 13.4. The molecule has 0 spiro atoms. The van der Waals surface area contributed by atoms with Crippen LogP contribution in [-0.4, -0.2) is 73.8 Å². The number of carbonyl (C=O) groups excluding carboxylic acids is 2. The number of rotatable bonds is 4. The summed E-state index contributed by atoms with van der Waals surface area (Å²) in [6, 6.07) is 5.11. The molecule has 1 aromatic rings. The summed E-state index contributed by atoms with van der Waals surface area (Å²) in [5.41, 5.74) is 0.518. The van der Waals surface area contributed by atoms with Crippen LogP contribution in [0.4, 0.5) is 14.9 Å². The lowest BCUT2D eigenvalue weighted by Crippen LogP contribution is -2.54. The van der Waals surface area contributed by atoms with Crippen LogP contribution in [0.1, 0.15) is 0 Å². The van der Waals surface area contributed by atoms with Gasteiger partial charge in [0.2, 0.25) is 5.91 Å². The van der Waals surface area contributed by atoms with Gasteiger partial charge in [0, 0.05) is 25.9 Å². The molecule has 8 heteroatoms. The number of methoxy groups -OCH3 is 1. The summed E-state index contributed by atoms with van der Waals surface area (Å²) in [5.74, 6) is -0.449. The second-order valence-corrected chi connectivity index (χ2v) is 5.84. The summed E-state index contributed by atoms with van der Waals surface area (Å²) in [5, 5.41) is 2.73. The number of ether oxygens (including phenoxy) is 2. The number of anilines is 1. The van der Waals surface area contributed by atoms with Gasteiger partial charge in [-0.15, -0.1) is 0 Å². The average Bonchev–Trinajstić information content (AvgIpc) is 3.00. The van der Waals surface area contributed by atoms with E-state index in [-0.39, 0.29) is 36.5 Å². The van der Waals surface area contributed by atoms with Crippen LogP contribution in [0.2, 0.25) is 0 Å². The van der Waals surface area contributed by atoms with Gasteiger partial charge in [0.05, 0.1) is 25.3 Å². The first-order valence-electron chi connectivity index (χ1n) is 7.80. The summed E-state index contributed by atoms with van der Waals surface area (Å²) in [4.78, 5) is 27.7. The van der Waals surface area contributed by atoms with E-state index in [0.717, 1.165) is 0 Å². The molecule has 3 amide bonds. The third-order valence-corrected chi connectivity index (χ3v) is 4.30. The van der Waals surface area contributed by atoms with E-state index in [1.807, 2.05) is 0 Å². The molecule has 2 unspecified atom stereocenters. The predicted octanol–water partition coefficient (Wildman–Crippen LogP) is 0.916. The average molecular weight is 337 g/mol. The van der Waals surface area contributed by atoms with Crippen molar-refractivity contribution in [2.24, 2.45) is 0 Å². The minimum atomic E-state index is -0.360. The highest BCUT2D eigenvalue weighted by Crippen LogP contribution is 2.24. The fraction of sp³-hybridized carbons (Fsp3) is 0.500. The number of nitrogens with zero attached hydrogens (tertiary/aromatic N) is 2. The lowest BCUT2D eigenvalue weighted by Gasteiger charge is -2.36. The number of nitrogens with one attached hydrogen (secondary N) is 1. The van der Waals surface area contributed by atoms with Crippen LogP contribution in [0.15, 0.2) is 24.3 Å². The molecule has 1 N–H and O–H groups in total. The van der Waals surface area contributed by atoms with Gasteiger partial charge in [-0.25, -0.2) is 9.18 Å². The van der Waals surface area contributed by atoms with E-state index in [4.69, 9.17) is 9.47 Å². The Morgan fingerprint density at radius 2 is 2.12 bits per heavy atom. The highest BCUT2D eigenvalue weighted by molar-refractivity contribution is 5.89. The molecule has 3 rings (SSSR count). The summed E-state index contributed by atoms with van der Waals surface area (Å²) >= 11 is 0. The normalized spacial score (nSPS) is 23.3. The van der Waals surface area contributed by atoms with Gasteiger partial charge in [-0.2, -0.15) is 0 Å². The maximum atomic E-state index is 12.9. The van der Waals surface area contributed by atoms with E-state index in [1.54, 1.807) is 16.9 Å². The van der Waals surface area contributed by atoms with Gasteiger partial charge >= 0.3 is 6.03 Å². The Balaban J connectivity index is 1.63. The van der Waals surface area contributed by atoms with Gasteiger partial charge in [0.1, 0.15) is 12.4 Å². The first-order valence-corrected chi connectivity index (χ1v) is 7.80. The van der Waals surface area contributed by atoms with Crippen molar-refractivity contribution in [2.45, 2.75) is 12.1 Å². The van der Waals surface area contributed by atoms with Gasteiger partial charge in [0.25, 0.3) is 0 Å². The molecule has 1 aromatic carbocycles. The fourth-order valence-electron chi connectivity index (χ4n) is 3.05. The van der Waals surface area contributed by atoms with Crippen LogP contribution < -0.4 is 5.32 Å². The molecule has 2 saturated heterocycles. The highest BCUT2D eigenvalue weighted by Gasteiger charge is 2.44. The molecule has 0 radical (unpaired) electrons. The number of carbonyl (C=O) groups is 2. The Morgan fingerprint density at radius 1 is 1.38 bits per heavy atom. The van der Waals surface area contributed by atoms with Crippen LogP contribution in [0, 0.1) is 5.82 Å². The van der Waals surface area contributed by atoms with Crippen LogP contribution in [0.25, 0.3) is 0 Å². The number of halogens is 1. The monoisotopic (exact) mass is 337 g/mol. The van der Waals surface area contributed by atoms with Gasteiger partial charge in [-0.1, -0.05) is 0 Å². The van der Waals surface area contributed by atoms with Crippen LogP contribution >= 0.6 is 0 Å². The predicted molar refractivity (Wildman–Crippen MR) is 84.1 cm³/mol. The smallest absolute Gasteiger partial charge is 0.322 e. The number of morpholine rings is 1. The molecule has 2 heterocycles. The number of urea groups is 1. The minimum absolute atomic E-state index is 0.0261. The molecule has 130 valence electrons. The van der Waals surface area contributed by atoms with Gasteiger partial charge < -0.3 is 24.6 Å². The summed E-state index contributed by atoms with van der Waals surface area (Å²) in [7, 11) is 1.58. The number of amides is 3. The first kappa shape index (κ1) is 16.7. The number of likely N-dealkylation sites (tertiary alicyclic amines) is 1. The molecule has 0 saturated carbocycles. The molecule has 2 aliphatic heterocycles. The van der Waals surface area contributed by atoms with Crippen LogP contribution in [0.3, 0.4) is 0 Å². The number of fused-ring (bicyclic) bond motifs is 1. The molecular weight excluding hydrogens is 317 g/mol. The van der Waals surface area contributed by atoms with E-state index >= 15 is 0 Å². The van der Waals surface area contributed by atoms with Crippen molar-refractivity contribution in [2.75, 3.05) is 45.3 Å². The quantitative estimate of drug-likeness (QED) is 0.887. The second-order valence-electron chi connectivity index (χ2n) is 5.84. The van der Waals surface area contributed by atoms with Gasteiger partial charge in [-0.05, 0) is 24.3 Å². The molecule has 2 atom stereocenters. The number of benzene rings is 1. The van der Waals surface area contributed by atoms with Gasteiger partial charge in [-0.3, -0.25) is 4.79 Å². The molecule has 7 nitrogen and oxygen atoms in total. The van der Waals surface area contributed by atoms with Crippen molar-refractivity contribution in [3.05, 3.63) is 30.1 Å². The molecule has 0 aliphatic carbocycles. The maximum absolute atomic E-state index is 12.9. The van der Waals surface area contributed by atoms with E-state index in [9.17, 15) is 14.0 Å². The minimum Gasteiger partial charge on any atom is -0.383 e. The lowest BCUT2D eigenvalue weighted by atomic mass is 10.1. The first-order chi connectivity index (χ1) is 11.6. The van der Waals surface area contributed by atoms with Crippen molar-refractivity contribution in [3.8, 4) is 0 Å². The molecule has 2 fully saturated rings. The Bertz CT molecular complexity index is 610. The van der Waals surface area contributed by atoms with Gasteiger partial charge in [0.15, 0.2) is 0 Å². The zero-order valence-electron chi connectivity index (χ0n) is 13.4. The summed E-state index contributed by atoms with van der Waals surface area (Å²) in [6.45, 7) is 1.75. The highest BCUT2D eigenvalue weighted by atomic mass is 19.1. The van der Waals surface area contributed by atoms with Crippen molar-refractivity contribution < 1.29 is 23.5 Å². The fourth-order valence-corrected chi connectivity index (χ4v) is 3.05. The topological polar surface area (TPSA) is 71.1 Å². The molecule has 2 aliphatic rings. The van der Waals surface area contributed by atoms with Crippen molar-refractivity contribution in [1.29, 1.82) is 0 Å².